The highest BCUT2D eigenvalue weighted by Crippen LogP contribution is 2.57. The van der Waals surface area contributed by atoms with Crippen LogP contribution in [0.25, 0.3) is 0 Å². The number of likely N-dealkylation sites (tertiary alicyclic amines) is 1. The maximum absolute atomic E-state index is 11.8. The van der Waals surface area contributed by atoms with Gasteiger partial charge in [0.15, 0.2) is 19.8 Å². The van der Waals surface area contributed by atoms with Crippen molar-refractivity contribution < 1.29 is 19.0 Å². The average molecular weight is 446 g/mol. The maximum atomic E-state index is 11.8. The number of methoxy groups -OCH3 is 2. The van der Waals surface area contributed by atoms with Crippen LogP contribution in [0.2, 0.25) is 18.1 Å². The van der Waals surface area contributed by atoms with Gasteiger partial charge in [-0.2, -0.15) is 0 Å². The van der Waals surface area contributed by atoms with Crippen LogP contribution in [0.15, 0.2) is 24.3 Å². The van der Waals surface area contributed by atoms with E-state index in [-0.39, 0.29) is 28.5 Å². The predicted octanol–water partition coefficient (Wildman–Crippen LogP) is 4.14. The highest BCUT2D eigenvalue weighted by atomic mass is 28.4. The molecule has 0 amide bonds. The number of benzene rings is 1. The van der Waals surface area contributed by atoms with Gasteiger partial charge in [0, 0.05) is 22.9 Å². The van der Waals surface area contributed by atoms with Crippen LogP contribution in [-0.4, -0.2) is 64.4 Å². The second-order valence-corrected chi connectivity index (χ2v) is 15.9. The van der Waals surface area contributed by atoms with Gasteiger partial charge in [-0.3, -0.25) is 0 Å². The number of aliphatic hydroxyl groups is 1. The van der Waals surface area contributed by atoms with E-state index in [1.54, 1.807) is 14.2 Å². The number of hydrogen-bond acceptors (Lipinski definition) is 5. The minimum Gasteiger partial charge on any atom is -0.493 e. The van der Waals surface area contributed by atoms with Crippen LogP contribution in [0.5, 0.6) is 11.5 Å². The van der Waals surface area contributed by atoms with E-state index in [0.29, 0.717) is 0 Å². The molecular formula is C25H39NO4Si. The second kappa shape index (κ2) is 7.61. The Balaban J connectivity index is 1.84. The van der Waals surface area contributed by atoms with Gasteiger partial charge in [-0.05, 0) is 56.2 Å². The molecular weight excluding hydrogens is 406 g/mol. The highest BCUT2D eigenvalue weighted by molar-refractivity contribution is 6.74. The fraction of sp³-hybridized carbons (Fsp3) is 0.680. The van der Waals surface area contributed by atoms with Gasteiger partial charge >= 0.3 is 0 Å². The van der Waals surface area contributed by atoms with Crippen LogP contribution in [0.4, 0.5) is 0 Å². The van der Waals surface area contributed by atoms with Crippen molar-refractivity contribution >= 4 is 8.32 Å². The standard InChI is InChI=1S/C25H39NO4Si/c1-24(2,3)31(7,8)30-18-11-12-25-13-14-26(4)17(21(25)22(18)27)15-16-9-10-19(28-5)23(29-6)20(16)25/h9-12,17-18,21-22,27H,13-15H2,1-8H3/t17-,18-,21-,22-,25+/m1/s1. The molecule has 1 aromatic rings. The van der Waals surface area contributed by atoms with Gasteiger partial charge in [-0.1, -0.05) is 39.0 Å². The monoisotopic (exact) mass is 445 g/mol. The van der Waals surface area contributed by atoms with E-state index in [0.717, 1.165) is 30.9 Å². The van der Waals surface area contributed by atoms with Crippen molar-refractivity contribution in [3.05, 3.63) is 35.4 Å². The number of fused-ring (bicyclic) bond motifs is 1. The van der Waals surface area contributed by atoms with E-state index in [9.17, 15) is 5.11 Å². The van der Waals surface area contributed by atoms with Gasteiger partial charge in [0.25, 0.3) is 0 Å². The van der Waals surface area contributed by atoms with Gasteiger partial charge in [0.05, 0.1) is 26.4 Å². The first-order valence-electron chi connectivity index (χ1n) is 11.5. The molecule has 6 heteroatoms. The summed E-state index contributed by atoms with van der Waals surface area (Å²) < 4.78 is 18.3. The minimum atomic E-state index is -2.02. The lowest BCUT2D eigenvalue weighted by Crippen LogP contribution is -2.65. The fourth-order valence-electron chi connectivity index (χ4n) is 5.78. The summed E-state index contributed by atoms with van der Waals surface area (Å²) in [4.78, 5) is 2.42. The molecule has 5 atom stereocenters. The van der Waals surface area contributed by atoms with Crippen molar-refractivity contribution in [1.82, 2.24) is 4.90 Å². The lowest BCUT2D eigenvalue weighted by molar-refractivity contribution is -0.0771. The first-order chi connectivity index (χ1) is 14.5. The van der Waals surface area contributed by atoms with Crippen LogP contribution < -0.4 is 9.47 Å². The molecule has 1 heterocycles. The van der Waals surface area contributed by atoms with Crippen molar-refractivity contribution in [2.75, 3.05) is 27.8 Å². The molecule has 2 aliphatic carbocycles. The molecule has 2 bridgehead atoms. The van der Waals surface area contributed by atoms with Crippen molar-refractivity contribution in [3.63, 3.8) is 0 Å². The summed E-state index contributed by atoms with van der Waals surface area (Å²) in [6.07, 6.45) is 5.49. The third kappa shape index (κ3) is 3.38. The highest BCUT2D eigenvalue weighted by Gasteiger charge is 2.59. The zero-order valence-electron chi connectivity index (χ0n) is 20.4. The van der Waals surface area contributed by atoms with Gasteiger partial charge in [0.1, 0.15) is 0 Å². The molecule has 0 spiro atoms. The van der Waals surface area contributed by atoms with Crippen molar-refractivity contribution in [3.8, 4) is 11.5 Å². The predicted molar refractivity (Wildman–Crippen MR) is 127 cm³/mol. The average Bonchev–Trinajstić information content (AvgIpc) is 2.71. The minimum absolute atomic E-state index is 0.0551. The Morgan fingerprint density at radius 1 is 1.16 bits per heavy atom. The van der Waals surface area contributed by atoms with Crippen LogP contribution in [0.3, 0.4) is 0 Å². The zero-order chi connectivity index (χ0) is 22.8. The number of hydrogen-bond donors (Lipinski definition) is 1. The Kier molecular flexibility index (Phi) is 5.61. The van der Waals surface area contributed by atoms with E-state index >= 15 is 0 Å². The zero-order valence-corrected chi connectivity index (χ0v) is 21.4. The lowest BCUT2D eigenvalue weighted by atomic mass is 9.53. The molecule has 0 radical (unpaired) electrons. The first-order valence-corrected chi connectivity index (χ1v) is 14.4. The van der Waals surface area contributed by atoms with E-state index in [2.05, 4.69) is 64.0 Å². The summed E-state index contributed by atoms with van der Waals surface area (Å²) in [5.74, 6) is 1.63. The molecule has 5 nitrogen and oxygen atoms in total. The molecule has 1 aromatic carbocycles. The molecule has 1 fully saturated rings. The molecule has 31 heavy (non-hydrogen) atoms. The number of rotatable bonds is 4. The summed E-state index contributed by atoms with van der Waals surface area (Å²) >= 11 is 0. The van der Waals surface area contributed by atoms with E-state index in [1.165, 1.54) is 11.1 Å². The summed E-state index contributed by atoms with van der Waals surface area (Å²) in [6, 6.07) is 4.46. The summed E-state index contributed by atoms with van der Waals surface area (Å²) in [5, 5.41) is 11.9. The van der Waals surface area contributed by atoms with Gasteiger partial charge in [-0.15, -0.1) is 0 Å². The molecule has 0 saturated carbocycles. The second-order valence-electron chi connectivity index (χ2n) is 11.1. The van der Waals surface area contributed by atoms with Gasteiger partial charge in [-0.25, -0.2) is 0 Å². The Hall–Kier alpha value is -1.34. The normalized spacial score (nSPS) is 32.9. The molecule has 172 valence electrons. The first kappa shape index (κ1) is 22.8. The molecule has 1 saturated heterocycles. The molecule has 4 rings (SSSR count). The fourth-order valence-corrected chi connectivity index (χ4v) is 7.03. The smallest absolute Gasteiger partial charge is 0.193 e. The number of allylic oxidation sites excluding steroid dienone is 1. The van der Waals surface area contributed by atoms with Crippen LogP contribution in [0.1, 0.15) is 38.3 Å². The van der Waals surface area contributed by atoms with Crippen molar-refractivity contribution in [2.24, 2.45) is 5.92 Å². The van der Waals surface area contributed by atoms with Crippen LogP contribution >= 0.6 is 0 Å². The largest absolute Gasteiger partial charge is 0.493 e. The number of aliphatic hydroxyl groups excluding tert-OH is 1. The molecule has 3 aliphatic rings. The Bertz CT molecular complexity index is 877. The quantitative estimate of drug-likeness (QED) is 0.558. The van der Waals surface area contributed by atoms with Crippen molar-refractivity contribution in [2.45, 2.75) is 75.4 Å². The maximum Gasteiger partial charge on any atom is 0.193 e. The topological polar surface area (TPSA) is 51.2 Å². The third-order valence-electron chi connectivity index (χ3n) is 8.50. The van der Waals surface area contributed by atoms with E-state index < -0.39 is 14.4 Å². The summed E-state index contributed by atoms with van der Waals surface area (Å²) in [6.45, 7) is 12.2. The third-order valence-corrected chi connectivity index (χ3v) is 13.0. The van der Waals surface area contributed by atoms with Crippen LogP contribution in [-0.2, 0) is 16.3 Å². The molecule has 0 unspecified atom stereocenters. The van der Waals surface area contributed by atoms with E-state index in [4.69, 9.17) is 13.9 Å². The number of nitrogens with zero attached hydrogens (tertiary/aromatic N) is 1. The van der Waals surface area contributed by atoms with Crippen molar-refractivity contribution in [1.29, 1.82) is 0 Å². The Morgan fingerprint density at radius 2 is 1.87 bits per heavy atom. The lowest BCUT2D eigenvalue weighted by Gasteiger charge is -2.59. The SMILES string of the molecule is COc1ccc2c(c1OC)[C@@]13C=C[C@@H](O[Si](C)(C)C(C)(C)C)[C@@H](O)[C@H]1[C@@H](C2)N(C)CC3. The number of piperidine rings is 1. The summed E-state index contributed by atoms with van der Waals surface area (Å²) in [7, 11) is 3.58. The van der Waals surface area contributed by atoms with Gasteiger partial charge in [0.2, 0.25) is 0 Å². The summed E-state index contributed by atoms with van der Waals surface area (Å²) in [5.41, 5.74) is 2.23. The molecule has 0 aromatic heterocycles. The Labute approximate surface area is 188 Å². The number of ether oxygens (including phenoxy) is 2. The Morgan fingerprint density at radius 3 is 2.48 bits per heavy atom. The molecule has 1 aliphatic heterocycles. The van der Waals surface area contributed by atoms with E-state index in [1.807, 2.05) is 6.07 Å². The van der Waals surface area contributed by atoms with Crippen LogP contribution in [0, 0.1) is 5.92 Å². The van der Waals surface area contributed by atoms with Gasteiger partial charge < -0.3 is 23.9 Å². The molecule has 1 N–H and O–H groups in total. The number of likely N-dealkylation sites (N-methyl/N-ethyl adjacent to an activating group) is 1.